The molecule has 0 heterocycles. The highest BCUT2D eigenvalue weighted by Crippen LogP contribution is 2.11. The largest absolute Gasteiger partial charge is 0.399 e. The third-order valence-electron chi connectivity index (χ3n) is 2.97. The highest BCUT2D eigenvalue weighted by molar-refractivity contribution is 7.85. The first-order valence-corrected chi connectivity index (χ1v) is 7.93. The number of hydrogen-bond acceptors (Lipinski definition) is 3. The molecule has 19 heavy (non-hydrogen) atoms. The van der Waals surface area contributed by atoms with Crippen molar-refractivity contribution in [1.29, 1.82) is 0 Å². The maximum atomic E-state index is 11.7. The molecular weight excluding hydrogens is 260 g/mol. The van der Waals surface area contributed by atoms with E-state index in [1.165, 1.54) is 0 Å². The van der Waals surface area contributed by atoms with E-state index < -0.39 is 10.8 Å². The zero-order valence-corrected chi connectivity index (χ0v) is 12.3. The first kappa shape index (κ1) is 15.7. The lowest BCUT2D eigenvalue weighted by Crippen LogP contribution is -2.16. The van der Waals surface area contributed by atoms with Crippen LogP contribution in [0.4, 0.5) is 11.4 Å². The summed E-state index contributed by atoms with van der Waals surface area (Å²) in [4.78, 5) is 11.7. The number of anilines is 2. The number of nitrogens with one attached hydrogen (secondary N) is 1. The van der Waals surface area contributed by atoms with Gasteiger partial charge in [-0.15, -0.1) is 0 Å². The van der Waals surface area contributed by atoms with E-state index in [0.29, 0.717) is 24.3 Å². The summed E-state index contributed by atoms with van der Waals surface area (Å²) in [6.45, 7) is 4.00. The van der Waals surface area contributed by atoms with Crippen LogP contribution in [0, 0.1) is 0 Å². The van der Waals surface area contributed by atoms with Gasteiger partial charge in [-0.3, -0.25) is 9.00 Å². The first-order valence-electron chi connectivity index (χ1n) is 6.55. The molecule has 0 saturated heterocycles. The van der Waals surface area contributed by atoms with Gasteiger partial charge in [0.15, 0.2) is 0 Å². The maximum absolute atomic E-state index is 11.7. The summed E-state index contributed by atoms with van der Waals surface area (Å²) in [7, 11) is -0.827. The van der Waals surface area contributed by atoms with Crippen molar-refractivity contribution >= 4 is 28.1 Å². The van der Waals surface area contributed by atoms with Gasteiger partial charge in [-0.25, -0.2) is 0 Å². The van der Waals surface area contributed by atoms with E-state index in [0.717, 1.165) is 12.1 Å². The Morgan fingerprint density at radius 1 is 1.37 bits per heavy atom. The van der Waals surface area contributed by atoms with Crippen LogP contribution < -0.4 is 11.1 Å². The fourth-order valence-electron chi connectivity index (χ4n) is 1.55. The van der Waals surface area contributed by atoms with Crippen molar-refractivity contribution in [2.45, 2.75) is 38.4 Å². The number of benzene rings is 1. The standard InChI is InChI=1S/C14H22N2O2S/c1-3-11(2)19(18)10-4-5-14(17)16-13-8-6-12(15)7-9-13/h6-9,11H,3-5,10,15H2,1-2H3,(H,16,17). The van der Waals surface area contributed by atoms with Gasteiger partial charge in [-0.1, -0.05) is 13.8 Å². The molecule has 1 rings (SSSR count). The van der Waals surface area contributed by atoms with Crippen LogP contribution in [0.1, 0.15) is 33.1 Å². The molecular formula is C14H22N2O2S. The summed E-state index contributed by atoms with van der Waals surface area (Å²) in [5.41, 5.74) is 6.97. The van der Waals surface area contributed by atoms with Crippen LogP contribution in [0.15, 0.2) is 24.3 Å². The molecule has 4 nitrogen and oxygen atoms in total. The summed E-state index contributed by atoms with van der Waals surface area (Å²) in [5, 5.41) is 3.00. The molecule has 5 heteroatoms. The van der Waals surface area contributed by atoms with Gasteiger partial charge < -0.3 is 11.1 Å². The zero-order chi connectivity index (χ0) is 14.3. The van der Waals surface area contributed by atoms with E-state index >= 15 is 0 Å². The van der Waals surface area contributed by atoms with E-state index in [4.69, 9.17) is 5.73 Å². The molecule has 0 aliphatic rings. The van der Waals surface area contributed by atoms with E-state index in [1.54, 1.807) is 24.3 Å². The number of carbonyl (C=O) groups excluding carboxylic acids is 1. The molecule has 0 spiro atoms. The molecule has 0 aliphatic heterocycles. The van der Waals surface area contributed by atoms with Crippen LogP contribution in [0.25, 0.3) is 0 Å². The van der Waals surface area contributed by atoms with Crippen LogP contribution >= 0.6 is 0 Å². The molecule has 0 aromatic heterocycles. The van der Waals surface area contributed by atoms with Crippen molar-refractivity contribution in [2.24, 2.45) is 0 Å². The topological polar surface area (TPSA) is 72.2 Å². The summed E-state index contributed by atoms with van der Waals surface area (Å²) in [5.74, 6) is 0.537. The minimum absolute atomic E-state index is 0.0501. The molecule has 106 valence electrons. The van der Waals surface area contributed by atoms with Gasteiger partial charge >= 0.3 is 0 Å². The van der Waals surface area contributed by atoms with E-state index in [9.17, 15) is 9.00 Å². The van der Waals surface area contributed by atoms with Crippen molar-refractivity contribution in [3.63, 3.8) is 0 Å². The SMILES string of the molecule is CCC(C)S(=O)CCCC(=O)Nc1ccc(N)cc1. The number of hydrogen-bond donors (Lipinski definition) is 2. The van der Waals surface area contributed by atoms with Crippen LogP contribution in [0.2, 0.25) is 0 Å². The second-order valence-corrected chi connectivity index (χ2v) is 6.55. The van der Waals surface area contributed by atoms with Gasteiger partial charge in [0.2, 0.25) is 5.91 Å². The van der Waals surface area contributed by atoms with Crippen molar-refractivity contribution in [3.8, 4) is 0 Å². The third-order valence-corrected chi connectivity index (χ3v) is 4.89. The number of rotatable bonds is 7. The Labute approximate surface area is 117 Å². The summed E-state index contributed by atoms with van der Waals surface area (Å²) in [6, 6.07) is 7.02. The lowest BCUT2D eigenvalue weighted by molar-refractivity contribution is -0.116. The van der Waals surface area contributed by atoms with Crippen LogP contribution in [-0.4, -0.2) is 21.1 Å². The third kappa shape index (κ3) is 5.87. The van der Waals surface area contributed by atoms with Gasteiger partial charge in [0.1, 0.15) is 0 Å². The minimum Gasteiger partial charge on any atom is -0.399 e. The summed E-state index contributed by atoms with van der Waals surface area (Å²) >= 11 is 0. The Morgan fingerprint density at radius 3 is 2.58 bits per heavy atom. The Bertz CT molecular complexity index is 432. The van der Waals surface area contributed by atoms with Crippen LogP contribution in [0.5, 0.6) is 0 Å². The number of amides is 1. The molecule has 1 amide bonds. The Hall–Kier alpha value is -1.36. The van der Waals surface area contributed by atoms with E-state index in [-0.39, 0.29) is 11.2 Å². The van der Waals surface area contributed by atoms with Crippen LogP contribution in [0.3, 0.4) is 0 Å². The normalized spacial score (nSPS) is 13.8. The lowest BCUT2D eigenvalue weighted by atomic mass is 10.2. The smallest absolute Gasteiger partial charge is 0.224 e. The average molecular weight is 282 g/mol. The summed E-state index contributed by atoms with van der Waals surface area (Å²) in [6.07, 6.45) is 1.95. The second-order valence-electron chi connectivity index (χ2n) is 4.58. The number of nitrogen functional groups attached to an aromatic ring is 1. The highest BCUT2D eigenvalue weighted by atomic mass is 32.2. The molecule has 2 unspecified atom stereocenters. The molecule has 2 atom stereocenters. The first-order chi connectivity index (χ1) is 9.02. The fourth-order valence-corrected chi connectivity index (χ4v) is 2.76. The quantitative estimate of drug-likeness (QED) is 0.755. The highest BCUT2D eigenvalue weighted by Gasteiger charge is 2.09. The maximum Gasteiger partial charge on any atom is 0.224 e. The predicted octanol–water partition coefficient (Wildman–Crippen LogP) is 2.53. The van der Waals surface area contributed by atoms with Crippen LogP contribution in [-0.2, 0) is 15.6 Å². The Balaban J connectivity index is 2.28. The fraction of sp³-hybridized carbons (Fsp3) is 0.500. The number of carbonyl (C=O) groups is 1. The minimum atomic E-state index is -0.827. The Kier molecular flexibility index (Phi) is 6.56. The second kappa shape index (κ2) is 7.94. The molecule has 0 radical (unpaired) electrons. The molecule has 1 aromatic rings. The molecule has 0 aliphatic carbocycles. The zero-order valence-electron chi connectivity index (χ0n) is 11.5. The van der Waals surface area contributed by atoms with Gasteiger partial charge in [-0.2, -0.15) is 0 Å². The summed E-state index contributed by atoms with van der Waals surface area (Å²) < 4.78 is 11.7. The van der Waals surface area contributed by atoms with Gasteiger partial charge in [0.05, 0.1) is 0 Å². The van der Waals surface area contributed by atoms with E-state index in [2.05, 4.69) is 5.32 Å². The monoisotopic (exact) mass is 282 g/mol. The molecule has 1 aromatic carbocycles. The van der Waals surface area contributed by atoms with Crippen molar-refractivity contribution in [3.05, 3.63) is 24.3 Å². The molecule has 3 N–H and O–H groups in total. The Morgan fingerprint density at radius 2 is 2.00 bits per heavy atom. The average Bonchev–Trinajstić information content (AvgIpc) is 2.40. The molecule has 0 saturated carbocycles. The number of nitrogens with two attached hydrogens (primary N) is 1. The van der Waals surface area contributed by atoms with Crippen molar-refractivity contribution in [2.75, 3.05) is 16.8 Å². The molecule has 0 bridgehead atoms. The van der Waals surface area contributed by atoms with Crippen molar-refractivity contribution < 1.29 is 9.00 Å². The van der Waals surface area contributed by atoms with Gasteiger partial charge in [-0.05, 0) is 37.1 Å². The van der Waals surface area contributed by atoms with Gasteiger partial charge in [0, 0.05) is 39.6 Å². The molecule has 0 fully saturated rings. The van der Waals surface area contributed by atoms with E-state index in [1.807, 2.05) is 13.8 Å². The van der Waals surface area contributed by atoms with Crippen molar-refractivity contribution in [1.82, 2.24) is 0 Å². The predicted molar refractivity (Wildman–Crippen MR) is 81.5 cm³/mol. The van der Waals surface area contributed by atoms with Gasteiger partial charge in [0.25, 0.3) is 0 Å². The lowest BCUT2D eigenvalue weighted by Gasteiger charge is -2.08.